The number of esters is 1. The van der Waals surface area contributed by atoms with Crippen LogP contribution in [-0.4, -0.2) is 41.4 Å². The number of rotatable bonds is 9. The second-order valence-electron chi connectivity index (χ2n) is 6.91. The number of nitrogens with zero attached hydrogens (tertiary/aromatic N) is 1. The molecule has 2 aromatic rings. The van der Waals surface area contributed by atoms with Crippen LogP contribution in [0.3, 0.4) is 0 Å². The maximum Gasteiger partial charge on any atom is 0.307 e. The third kappa shape index (κ3) is 6.46. The van der Waals surface area contributed by atoms with Gasteiger partial charge in [0.05, 0.1) is 29.5 Å². The molecule has 1 heterocycles. The highest BCUT2D eigenvalue weighted by Gasteiger charge is 2.32. The lowest BCUT2D eigenvalue weighted by molar-refractivity contribution is -0.140. The molecule has 0 spiro atoms. The Morgan fingerprint density at radius 1 is 1.24 bits per heavy atom. The van der Waals surface area contributed by atoms with Gasteiger partial charge in [0.25, 0.3) is 5.91 Å². The van der Waals surface area contributed by atoms with E-state index in [0.29, 0.717) is 53.0 Å². The first kappa shape index (κ1) is 26.8. The molecule has 1 fully saturated rings. The van der Waals surface area contributed by atoms with E-state index < -0.39 is 5.97 Å². The summed E-state index contributed by atoms with van der Waals surface area (Å²) in [4.78, 5) is 26.1. The Morgan fingerprint density at radius 3 is 2.59 bits per heavy atom. The molecule has 0 N–H and O–H groups in total. The lowest BCUT2D eigenvalue weighted by Crippen LogP contribution is -2.30. The first-order chi connectivity index (χ1) is 16.2. The number of ether oxygens (including phenoxy) is 3. The lowest BCUT2D eigenvalue weighted by atomic mass is 10.1. The fourth-order valence-corrected chi connectivity index (χ4v) is 5.43. The average molecular weight is 605 g/mol. The summed E-state index contributed by atoms with van der Waals surface area (Å²) in [6.45, 7) is 2.59. The molecular formula is C23H20BrCl2NO5S2. The molecule has 1 aliphatic rings. The third-order valence-corrected chi connectivity index (χ3v) is 7.37. The van der Waals surface area contributed by atoms with Crippen molar-refractivity contribution in [3.8, 4) is 11.5 Å². The van der Waals surface area contributed by atoms with Crippen molar-refractivity contribution in [3.05, 3.63) is 60.9 Å². The topological polar surface area (TPSA) is 65.1 Å². The van der Waals surface area contributed by atoms with Crippen LogP contribution in [0.4, 0.5) is 0 Å². The van der Waals surface area contributed by atoms with Gasteiger partial charge in [0.15, 0.2) is 11.5 Å². The van der Waals surface area contributed by atoms with Gasteiger partial charge in [-0.05, 0) is 58.8 Å². The Morgan fingerprint density at radius 2 is 1.94 bits per heavy atom. The van der Waals surface area contributed by atoms with Crippen LogP contribution in [0, 0.1) is 0 Å². The molecule has 6 nitrogen and oxygen atoms in total. The summed E-state index contributed by atoms with van der Waals surface area (Å²) < 4.78 is 17.5. The second kappa shape index (κ2) is 12.3. The average Bonchev–Trinajstić information content (AvgIpc) is 3.05. The van der Waals surface area contributed by atoms with E-state index in [2.05, 4.69) is 20.7 Å². The van der Waals surface area contributed by atoms with Crippen LogP contribution >= 0.6 is 63.1 Å². The van der Waals surface area contributed by atoms with Crippen molar-refractivity contribution in [2.45, 2.75) is 20.0 Å². The van der Waals surface area contributed by atoms with Crippen molar-refractivity contribution in [2.24, 2.45) is 0 Å². The molecule has 11 heteroatoms. The Hall–Kier alpha value is -1.78. The van der Waals surface area contributed by atoms with Gasteiger partial charge in [0.2, 0.25) is 0 Å². The molecule has 0 bridgehead atoms. The molecule has 180 valence electrons. The van der Waals surface area contributed by atoms with Crippen LogP contribution in [0.25, 0.3) is 6.08 Å². The minimum Gasteiger partial charge on any atom is -0.490 e. The zero-order valence-corrected chi connectivity index (χ0v) is 23.0. The first-order valence-electron chi connectivity index (χ1n) is 10.1. The number of carbonyl (C=O) groups is 2. The Labute approximate surface area is 225 Å². The number of benzene rings is 2. The molecule has 0 aromatic heterocycles. The van der Waals surface area contributed by atoms with Crippen LogP contribution in [0.5, 0.6) is 11.5 Å². The van der Waals surface area contributed by atoms with Gasteiger partial charge in [0.1, 0.15) is 10.9 Å². The normalized spacial score (nSPS) is 14.6. The van der Waals surface area contributed by atoms with Gasteiger partial charge in [-0.25, -0.2) is 0 Å². The summed E-state index contributed by atoms with van der Waals surface area (Å²) >= 11 is 22.5. The van der Waals surface area contributed by atoms with E-state index in [1.165, 1.54) is 23.8 Å². The van der Waals surface area contributed by atoms with Crippen LogP contribution in [0.15, 0.2) is 39.7 Å². The molecular weight excluding hydrogens is 585 g/mol. The number of carbonyl (C=O) groups excluding carboxylic acids is 2. The predicted molar refractivity (Wildman–Crippen MR) is 143 cm³/mol. The minimum absolute atomic E-state index is 0.0672. The number of hydrogen-bond donors (Lipinski definition) is 0. The lowest BCUT2D eigenvalue weighted by Gasteiger charge is -2.16. The monoisotopic (exact) mass is 603 g/mol. The van der Waals surface area contributed by atoms with E-state index >= 15 is 0 Å². The summed E-state index contributed by atoms with van der Waals surface area (Å²) in [5, 5.41) is 1.01. The quantitative estimate of drug-likeness (QED) is 0.184. The molecule has 1 saturated heterocycles. The van der Waals surface area contributed by atoms with Gasteiger partial charge < -0.3 is 14.2 Å². The predicted octanol–water partition coefficient (Wildman–Crippen LogP) is 6.50. The molecule has 0 aliphatic carbocycles. The zero-order valence-electron chi connectivity index (χ0n) is 18.2. The molecule has 0 atom stereocenters. The highest BCUT2D eigenvalue weighted by molar-refractivity contribution is 9.10. The molecule has 0 radical (unpaired) electrons. The number of thioether (sulfide) groups is 1. The molecule has 1 amide bonds. The summed E-state index contributed by atoms with van der Waals surface area (Å²) in [6.07, 6.45) is 1.79. The minimum atomic E-state index is -0.406. The summed E-state index contributed by atoms with van der Waals surface area (Å²) in [5.41, 5.74) is 1.38. The van der Waals surface area contributed by atoms with Crippen molar-refractivity contribution in [1.29, 1.82) is 0 Å². The molecule has 0 unspecified atom stereocenters. The molecule has 2 aromatic carbocycles. The van der Waals surface area contributed by atoms with Gasteiger partial charge in [-0.2, -0.15) is 0 Å². The largest absolute Gasteiger partial charge is 0.490 e. The molecule has 34 heavy (non-hydrogen) atoms. The Balaban J connectivity index is 1.83. The van der Waals surface area contributed by atoms with E-state index in [1.54, 1.807) is 30.3 Å². The van der Waals surface area contributed by atoms with Gasteiger partial charge in [0, 0.05) is 22.2 Å². The number of halogens is 3. The highest BCUT2D eigenvalue weighted by Crippen LogP contribution is 2.40. The number of hydrogen-bond acceptors (Lipinski definition) is 7. The summed E-state index contributed by atoms with van der Waals surface area (Å²) in [7, 11) is 1.30. The Kier molecular flexibility index (Phi) is 9.67. The maximum absolute atomic E-state index is 12.8. The van der Waals surface area contributed by atoms with E-state index in [9.17, 15) is 9.59 Å². The smallest absolute Gasteiger partial charge is 0.307 e. The van der Waals surface area contributed by atoms with Crippen LogP contribution in [-0.2, 0) is 20.9 Å². The first-order valence-corrected chi connectivity index (χ1v) is 12.9. The maximum atomic E-state index is 12.8. The SMILES string of the molecule is CCOc1cc(/C=C2\SC(=S)N(CCC(=O)OC)C2=O)cc(Br)c1OCc1c(Cl)cccc1Cl. The number of thiocarbonyl (C=S) groups is 1. The fraction of sp³-hybridized carbons (Fsp3) is 0.261. The molecule has 1 aliphatic heterocycles. The highest BCUT2D eigenvalue weighted by atomic mass is 79.9. The zero-order chi connectivity index (χ0) is 24.8. The van der Waals surface area contributed by atoms with Gasteiger partial charge in [-0.1, -0.05) is 53.2 Å². The van der Waals surface area contributed by atoms with E-state index in [4.69, 9.17) is 44.9 Å². The van der Waals surface area contributed by atoms with Crippen molar-refractivity contribution >= 4 is 85.4 Å². The van der Waals surface area contributed by atoms with E-state index in [-0.39, 0.29) is 25.5 Å². The molecule has 3 rings (SSSR count). The van der Waals surface area contributed by atoms with Crippen LogP contribution < -0.4 is 9.47 Å². The standard InChI is InChI=1S/C23H20BrCl2NO5S2/c1-3-31-18-10-13(11-19-22(29)27(23(33)34-19)8-7-20(28)30-2)9-15(24)21(18)32-12-14-16(25)5-4-6-17(14)26/h4-6,9-11H,3,7-8,12H2,1-2H3/b19-11-. The van der Waals surface area contributed by atoms with Gasteiger partial charge in [-0.15, -0.1) is 0 Å². The number of methoxy groups -OCH3 is 1. The van der Waals surface area contributed by atoms with Crippen molar-refractivity contribution in [2.75, 3.05) is 20.3 Å². The van der Waals surface area contributed by atoms with Crippen molar-refractivity contribution in [1.82, 2.24) is 4.90 Å². The Bertz CT molecular complexity index is 1140. The summed E-state index contributed by atoms with van der Waals surface area (Å²) in [5.74, 6) is 0.312. The van der Waals surface area contributed by atoms with Gasteiger partial charge >= 0.3 is 5.97 Å². The van der Waals surface area contributed by atoms with Gasteiger partial charge in [-0.3, -0.25) is 14.5 Å². The van der Waals surface area contributed by atoms with E-state index in [1.807, 2.05) is 13.0 Å². The van der Waals surface area contributed by atoms with E-state index in [0.717, 1.165) is 0 Å². The van der Waals surface area contributed by atoms with Crippen LogP contribution in [0.2, 0.25) is 10.0 Å². The second-order valence-corrected chi connectivity index (χ2v) is 10.3. The number of amides is 1. The molecule has 0 saturated carbocycles. The summed E-state index contributed by atoms with van der Waals surface area (Å²) in [6, 6.07) is 8.85. The fourth-order valence-electron chi connectivity index (χ4n) is 3.04. The van der Waals surface area contributed by atoms with Crippen LogP contribution in [0.1, 0.15) is 24.5 Å². The third-order valence-electron chi connectivity index (χ3n) is 4.69. The van der Waals surface area contributed by atoms with Crippen molar-refractivity contribution in [3.63, 3.8) is 0 Å². The van der Waals surface area contributed by atoms with Crippen molar-refractivity contribution < 1.29 is 23.8 Å².